The van der Waals surface area contributed by atoms with Gasteiger partial charge < -0.3 is 5.32 Å². The fourth-order valence-electron chi connectivity index (χ4n) is 3.25. The van der Waals surface area contributed by atoms with Gasteiger partial charge in [0.05, 0.1) is 4.90 Å². The smallest absolute Gasteiger partial charge is 0.275 e. The number of halogens is 1. The van der Waals surface area contributed by atoms with Crippen LogP contribution in [0.2, 0.25) is 0 Å². The number of carbonyl (C=O) groups is 1. The number of nitrogens with zero attached hydrogens (tertiary/aromatic N) is 2. The molecule has 0 saturated carbocycles. The van der Waals surface area contributed by atoms with E-state index in [2.05, 4.69) is 63.3 Å². The lowest BCUT2D eigenvalue weighted by molar-refractivity contribution is 0.101. The summed E-state index contributed by atoms with van der Waals surface area (Å²) in [5, 5.41) is 3.57. The lowest BCUT2D eigenvalue weighted by atomic mass is 10.1. The average Bonchev–Trinajstić information content (AvgIpc) is 2.85. The second-order valence-electron chi connectivity index (χ2n) is 7.70. The van der Waals surface area contributed by atoms with Crippen LogP contribution in [0.1, 0.15) is 34.1 Å². The molecule has 0 bridgehead atoms. The molecule has 34 heavy (non-hydrogen) atoms. The Morgan fingerprint density at radius 1 is 1.00 bits per heavy atom. The number of benzene rings is 3. The Kier molecular flexibility index (Phi) is 8.43. The predicted octanol–water partition coefficient (Wildman–Crippen LogP) is 7.81. The van der Waals surface area contributed by atoms with Crippen molar-refractivity contribution < 1.29 is 4.79 Å². The summed E-state index contributed by atoms with van der Waals surface area (Å²) in [5.41, 5.74) is 4.75. The molecule has 0 atom stereocenters. The molecule has 0 aliphatic carbocycles. The molecule has 1 amide bonds. The fraction of sp³-hybridized carbons (Fsp3) is 0.148. The third-order valence-corrected chi connectivity index (χ3v) is 7.55. The van der Waals surface area contributed by atoms with Gasteiger partial charge in [-0.1, -0.05) is 88.3 Å². The van der Waals surface area contributed by atoms with Gasteiger partial charge in [0.25, 0.3) is 5.91 Å². The van der Waals surface area contributed by atoms with Crippen molar-refractivity contribution in [2.75, 3.05) is 5.32 Å². The van der Waals surface area contributed by atoms with Crippen LogP contribution in [-0.2, 0) is 12.2 Å². The molecule has 4 aromatic rings. The average molecular weight is 551 g/mol. The van der Waals surface area contributed by atoms with Crippen molar-refractivity contribution >= 4 is 51.0 Å². The molecule has 0 unspecified atom stereocenters. The zero-order valence-electron chi connectivity index (χ0n) is 18.9. The largest absolute Gasteiger partial charge is 0.321 e. The molecule has 0 aliphatic heterocycles. The van der Waals surface area contributed by atoms with Gasteiger partial charge in [0.1, 0.15) is 5.69 Å². The second kappa shape index (κ2) is 11.7. The molecular formula is C27H24BrN3OS2. The van der Waals surface area contributed by atoms with Crippen LogP contribution < -0.4 is 5.32 Å². The highest BCUT2D eigenvalue weighted by Gasteiger charge is 2.17. The van der Waals surface area contributed by atoms with Gasteiger partial charge in [0.15, 0.2) is 5.16 Å². The Labute approximate surface area is 217 Å². The van der Waals surface area contributed by atoms with Crippen molar-refractivity contribution in [2.45, 2.75) is 41.0 Å². The van der Waals surface area contributed by atoms with Crippen LogP contribution in [0.3, 0.4) is 0 Å². The maximum Gasteiger partial charge on any atom is 0.275 e. The number of hydrogen-bond donors (Lipinski definition) is 1. The molecular weight excluding hydrogens is 526 g/mol. The molecule has 0 aliphatic rings. The molecule has 1 N–H and O–H groups in total. The van der Waals surface area contributed by atoms with E-state index in [4.69, 9.17) is 0 Å². The third-order valence-electron chi connectivity index (χ3n) is 5.06. The number of thioether (sulfide) groups is 1. The number of anilines is 1. The summed E-state index contributed by atoms with van der Waals surface area (Å²) in [4.78, 5) is 24.2. The molecule has 172 valence electrons. The standard InChI is InChI=1S/C27H24BrN3OS2/c1-3-19-7-11-22(12-8-19)30-26(32)25-24(34-23-13-9-21(28)10-14-23)16-29-27(31-25)33-17-20-6-4-5-18(2)15-20/h4-16H,3,17H2,1-2H3,(H,30,32). The summed E-state index contributed by atoms with van der Waals surface area (Å²) in [5.74, 6) is 0.490. The van der Waals surface area contributed by atoms with Gasteiger partial charge in [0.2, 0.25) is 0 Å². The zero-order valence-corrected chi connectivity index (χ0v) is 22.1. The quantitative estimate of drug-likeness (QED) is 0.179. The molecule has 0 fully saturated rings. The van der Waals surface area contributed by atoms with E-state index in [0.717, 1.165) is 27.2 Å². The van der Waals surface area contributed by atoms with E-state index < -0.39 is 0 Å². The second-order valence-corrected chi connectivity index (χ2v) is 10.7. The number of aromatic nitrogens is 2. The highest BCUT2D eigenvalue weighted by molar-refractivity contribution is 9.10. The summed E-state index contributed by atoms with van der Waals surface area (Å²) >= 11 is 6.47. The van der Waals surface area contributed by atoms with Crippen molar-refractivity contribution in [2.24, 2.45) is 0 Å². The van der Waals surface area contributed by atoms with Gasteiger partial charge in [-0.15, -0.1) is 0 Å². The molecule has 3 aromatic carbocycles. The highest BCUT2D eigenvalue weighted by Crippen LogP contribution is 2.32. The number of amides is 1. The van der Waals surface area contributed by atoms with Crippen molar-refractivity contribution in [1.82, 2.24) is 9.97 Å². The molecule has 0 saturated heterocycles. The zero-order chi connectivity index (χ0) is 23.9. The van der Waals surface area contributed by atoms with Crippen LogP contribution in [-0.4, -0.2) is 15.9 Å². The fourth-order valence-corrected chi connectivity index (χ4v) is 5.14. The molecule has 0 radical (unpaired) electrons. The van der Waals surface area contributed by atoms with Crippen molar-refractivity contribution in [3.63, 3.8) is 0 Å². The first-order valence-electron chi connectivity index (χ1n) is 10.9. The minimum atomic E-state index is -0.247. The SMILES string of the molecule is CCc1ccc(NC(=O)c2nc(SCc3cccc(C)c3)ncc2Sc2ccc(Br)cc2)cc1. The number of hydrogen-bond acceptors (Lipinski definition) is 5. The van der Waals surface area contributed by atoms with Gasteiger partial charge in [-0.25, -0.2) is 9.97 Å². The Morgan fingerprint density at radius 2 is 1.76 bits per heavy atom. The van der Waals surface area contributed by atoms with Crippen LogP contribution >= 0.6 is 39.5 Å². The van der Waals surface area contributed by atoms with Gasteiger partial charge in [-0.05, 0) is 60.9 Å². The van der Waals surface area contributed by atoms with Gasteiger partial charge in [-0.2, -0.15) is 0 Å². The van der Waals surface area contributed by atoms with Crippen molar-refractivity contribution in [3.8, 4) is 0 Å². The van der Waals surface area contributed by atoms with E-state index in [0.29, 0.717) is 15.7 Å². The highest BCUT2D eigenvalue weighted by atomic mass is 79.9. The minimum absolute atomic E-state index is 0.247. The number of nitrogens with one attached hydrogen (secondary N) is 1. The summed E-state index contributed by atoms with van der Waals surface area (Å²) in [7, 11) is 0. The predicted molar refractivity (Wildman–Crippen MR) is 145 cm³/mol. The van der Waals surface area contributed by atoms with Crippen molar-refractivity contribution in [1.29, 1.82) is 0 Å². The summed E-state index contributed by atoms with van der Waals surface area (Å²) in [6, 6.07) is 24.2. The Hall–Kier alpha value is -2.61. The maximum absolute atomic E-state index is 13.3. The number of carbonyl (C=O) groups excluding carboxylic acids is 1. The van der Waals surface area contributed by atoms with Gasteiger partial charge in [-0.3, -0.25) is 4.79 Å². The molecule has 7 heteroatoms. The van der Waals surface area contributed by atoms with Crippen molar-refractivity contribution in [3.05, 3.63) is 106 Å². The van der Waals surface area contributed by atoms with E-state index in [9.17, 15) is 4.79 Å². The van der Waals surface area contributed by atoms with E-state index in [1.54, 1.807) is 6.20 Å². The van der Waals surface area contributed by atoms with E-state index in [-0.39, 0.29) is 5.91 Å². The molecule has 0 spiro atoms. The Morgan fingerprint density at radius 3 is 2.47 bits per heavy atom. The first-order chi connectivity index (χ1) is 16.5. The van der Waals surface area contributed by atoms with Crippen LogP contribution in [0, 0.1) is 6.92 Å². The lowest BCUT2D eigenvalue weighted by Crippen LogP contribution is -2.16. The monoisotopic (exact) mass is 549 g/mol. The number of aryl methyl sites for hydroxylation is 2. The maximum atomic E-state index is 13.3. The van der Waals surface area contributed by atoms with Gasteiger partial charge in [0, 0.05) is 27.0 Å². The molecule has 4 rings (SSSR count). The Balaban J connectivity index is 1.58. The van der Waals surface area contributed by atoms with Gasteiger partial charge >= 0.3 is 0 Å². The molecule has 1 heterocycles. The lowest BCUT2D eigenvalue weighted by Gasteiger charge is -2.11. The first kappa shape index (κ1) is 24.5. The summed E-state index contributed by atoms with van der Waals surface area (Å²) in [6.45, 7) is 4.18. The minimum Gasteiger partial charge on any atom is -0.321 e. The summed E-state index contributed by atoms with van der Waals surface area (Å²) < 4.78 is 1.00. The first-order valence-corrected chi connectivity index (χ1v) is 13.5. The Bertz CT molecular complexity index is 1280. The normalized spacial score (nSPS) is 10.8. The van der Waals surface area contributed by atoms with Crippen LogP contribution in [0.5, 0.6) is 0 Å². The molecule has 1 aromatic heterocycles. The van der Waals surface area contributed by atoms with E-state index in [1.165, 1.54) is 40.2 Å². The number of rotatable bonds is 8. The van der Waals surface area contributed by atoms with Crippen LogP contribution in [0.25, 0.3) is 0 Å². The van der Waals surface area contributed by atoms with E-state index in [1.807, 2.05) is 54.6 Å². The van der Waals surface area contributed by atoms with E-state index >= 15 is 0 Å². The third kappa shape index (κ3) is 6.72. The topological polar surface area (TPSA) is 54.9 Å². The van der Waals surface area contributed by atoms with Crippen LogP contribution in [0.4, 0.5) is 5.69 Å². The van der Waals surface area contributed by atoms with Crippen LogP contribution in [0.15, 0.2) is 98.4 Å². The molecule has 4 nitrogen and oxygen atoms in total. The summed E-state index contributed by atoms with van der Waals surface area (Å²) in [6.07, 6.45) is 2.70.